The Bertz CT molecular complexity index is 483. The molecule has 2 rings (SSSR count). The van der Waals surface area contributed by atoms with Gasteiger partial charge in [0.1, 0.15) is 11.6 Å². The van der Waals surface area contributed by atoms with E-state index in [1.54, 1.807) is 6.07 Å². The molecule has 0 aliphatic heterocycles. The molecule has 0 amide bonds. The molecule has 1 aliphatic rings. The summed E-state index contributed by atoms with van der Waals surface area (Å²) in [5.74, 6) is 2.00. The number of nitrogens with one attached hydrogen (secondary N) is 2. The normalized spacial score (nSPS) is 15.3. The lowest BCUT2D eigenvalue weighted by molar-refractivity contribution is 0.182. The molecule has 1 aliphatic carbocycles. The molecule has 1 fully saturated rings. The third-order valence-corrected chi connectivity index (χ3v) is 3.73. The molecule has 1 heterocycles. The Kier molecular flexibility index (Phi) is 4.81. The number of aromatic nitrogens is 2. The van der Waals surface area contributed by atoms with Crippen LogP contribution in [0.25, 0.3) is 0 Å². The summed E-state index contributed by atoms with van der Waals surface area (Å²) in [7, 11) is 0. The quantitative estimate of drug-likeness (QED) is 0.802. The van der Waals surface area contributed by atoms with Crippen LogP contribution in [0.15, 0.2) is 10.9 Å². The van der Waals surface area contributed by atoms with E-state index in [1.165, 1.54) is 0 Å². The Hall–Kier alpha value is -1.36. The van der Waals surface area contributed by atoms with Crippen LogP contribution in [0.4, 0.5) is 5.82 Å². The topological polar surface area (TPSA) is 61.0 Å². The van der Waals surface area contributed by atoms with Crippen LogP contribution in [0.5, 0.6) is 0 Å². The molecule has 2 N–H and O–H groups in total. The first-order valence-corrected chi connectivity index (χ1v) is 7.58. The van der Waals surface area contributed by atoms with Gasteiger partial charge in [0.05, 0.1) is 0 Å². The molecule has 1 aromatic heterocycles. The minimum absolute atomic E-state index is 0.0611. The van der Waals surface area contributed by atoms with Gasteiger partial charge in [0, 0.05) is 37.2 Å². The zero-order chi connectivity index (χ0) is 14.7. The van der Waals surface area contributed by atoms with Crippen molar-refractivity contribution in [2.45, 2.75) is 58.5 Å². The summed E-state index contributed by atoms with van der Waals surface area (Å²) in [6, 6.07) is 2.58. The van der Waals surface area contributed by atoms with Gasteiger partial charge in [0.25, 0.3) is 5.56 Å². The van der Waals surface area contributed by atoms with E-state index in [0.29, 0.717) is 23.8 Å². The summed E-state index contributed by atoms with van der Waals surface area (Å²) in [6.07, 6.45) is 2.28. The summed E-state index contributed by atoms with van der Waals surface area (Å²) >= 11 is 0. The van der Waals surface area contributed by atoms with E-state index in [0.717, 1.165) is 31.8 Å². The zero-order valence-corrected chi connectivity index (χ0v) is 12.9. The average Bonchev–Trinajstić information content (AvgIpc) is 3.17. The number of aromatic amines is 1. The van der Waals surface area contributed by atoms with Gasteiger partial charge in [-0.3, -0.25) is 9.69 Å². The summed E-state index contributed by atoms with van der Waals surface area (Å²) < 4.78 is 0. The molecule has 5 heteroatoms. The van der Waals surface area contributed by atoms with Crippen LogP contribution < -0.4 is 10.9 Å². The summed E-state index contributed by atoms with van der Waals surface area (Å²) in [4.78, 5) is 21.4. The summed E-state index contributed by atoms with van der Waals surface area (Å²) in [6.45, 7) is 10.6. The standard InChI is InChI=1S/C15H26N4O/c1-10(2)19(11(3)4)8-7-16-13-9-14(20)18-15(17-13)12-5-6-12/h9-12H,5-8H2,1-4H3,(H2,16,17,18,20). The Labute approximate surface area is 120 Å². The molecule has 0 saturated heterocycles. The molecule has 0 unspecified atom stereocenters. The lowest BCUT2D eigenvalue weighted by Gasteiger charge is -2.30. The Morgan fingerprint density at radius 3 is 2.55 bits per heavy atom. The monoisotopic (exact) mass is 278 g/mol. The predicted octanol–water partition coefficient (Wildman–Crippen LogP) is 2.18. The molecule has 1 saturated carbocycles. The number of hydrogen-bond acceptors (Lipinski definition) is 4. The van der Waals surface area contributed by atoms with Crippen LogP contribution in [0.1, 0.15) is 52.3 Å². The third kappa shape index (κ3) is 4.07. The minimum Gasteiger partial charge on any atom is -0.369 e. The van der Waals surface area contributed by atoms with E-state index >= 15 is 0 Å². The van der Waals surface area contributed by atoms with Crippen LogP contribution in [0, 0.1) is 0 Å². The van der Waals surface area contributed by atoms with E-state index in [2.05, 4.69) is 47.9 Å². The molecule has 5 nitrogen and oxygen atoms in total. The maximum atomic E-state index is 11.6. The highest BCUT2D eigenvalue weighted by atomic mass is 16.1. The lowest BCUT2D eigenvalue weighted by Crippen LogP contribution is -2.40. The van der Waals surface area contributed by atoms with E-state index < -0.39 is 0 Å². The second-order valence-electron chi connectivity index (χ2n) is 6.14. The average molecular weight is 278 g/mol. The first-order valence-electron chi connectivity index (χ1n) is 7.58. The number of rotatable bonds is 7. The van der Waals surface area contributed by atoms with Crippen molar-refractivity contribution >= 4 is 5.82 Å². The minimum atomic E-state index is -0.0611. The van der Waals surface area contributed by atoms with Crippen LogP contribution in [0.3, 0.4) is 0 Å². The van der Waals surface area contributed by atoms with Gasteiger partial charge < -0.3 is 10.3 Å². The Balaban J connectivity index is 1.92. The molecule has 20 heavy (non-hydrogen) atoms. The fraction of sp³-hybridized carbons (Fsp3) is 0.733. The molecule has 1 aromatic rings. The van der Waals surface area contributed by atoms with Gasteiger partial charge in [-0.25, -0.2) is 4.98 Å². The molecular formula is C15H26N4O. The fourth-order valence-corrected chi connectivity index (χ4v) is 2.54. The van der Waals surface area contributed by atoms with E-state index in [-0.39, 0.29) is 5.56 Å². The first-order chi connectivity index (χ1) is 9.47. The second-order valence-corrected chi connectivity index (χ2v) is 6.14. The molecule has 112 valence electrons. The number of hydrogen-bond donors (Lipinski definition) is 2. The number of H-pyrrole nitrogens is 1. The molecule has 0 aromatic carbocycles. The highest BCUT2D eigenvalue weighted by Gasteiger charge is 2.26. The van der Waals surface area contributed by atoms with Gasteiger partial charge in [-0.05, 0) is 40.5 Å². The molecule has 0 bridgehead atoms. The maximum Gasteiger partial charge on any atom is 0.252 e. The number of nitrogens with zero attached hydrogens (tertiary/aromatic N) is 2. The van der Waals surface area contributed by atoms with Gasteiger partial charge in [0.15, 0.2) is 0 Å². The van der Waals surface area contributed by atoms with Crippen molar-refractivity contribution in [3.8, 4) is 0 Å². The van der Waals surface area contributed by atoms with E-state index in [4.69, 9.17) is 0 Å². The maximum absolute atomic E-state index is 11.6. The number of anilines is 1. The highest BCUT2D eigenvalue weighted by Crippen LogP contribution is 2.37. The van der Waals surface area contributed by atoms with Gasteiger partial charge >= 0.3 is 0 Å². The lowest BCUT2D eigenvalue weighted by atomic mass is 10.2. The van der Waals surface area contributed by atoms with Crippen LogP contribution in [0.2, 0.25) is 0 Å². The highest BCUT2D eigenvalue weighted by molar-refractivity contribution is 5.33. The van der Waals surface area contributed by atoms with Crippen molar-refractivity contribution in [1.82, 2.24) is 14.9 Å². The Morgan fingerprint density at radius 2 is 2.00 bits per heavy atom. The molecule has 0 spiro atoms. The predicted molar refractivity (Wildman–Crippen MR) is 82.3 cm³/mol. The van der Waals surface area contributed by atoms with E-state index in [9.17, 15) is 4.79 Å². The fourth-order valence-electron chi connectivity index (χ4n) is 2.54. The van der Waals surface area contributed by atoms with Crippen LogP contribution in [-0.4, -0.2) is 40.0 Å². The van der Waals surface area contributed by atoms with E-state index in [1.807, 2.05) is 0 Å². The second kappa shape index (κ2) is 6.39. The summed E-state index contributed by atoms with van der Waals surface area (Å²) in [5, 5.41) is 3.28. The van der Waals surface area contributed by atoms with Crippen molar-refractivity contribution in [1.29, 1.82) is 0 Å². The molecule has 0 atom stereocenters. The zero-order valence-electron chi connectivity index (χ0n) is 12.9. The van der Waals surface area contributed by atoms with Crippen molar-refractivity contribution in [2.75, 3.05) is 18.4 Å². The molecular weight excluding hydrogens is 252 g/mol. The van der Waals surface area contributed by atoms with Gasteiger partial charge in [-0.1, -0.05) is 0 Å². The Morgan fingerprint density at radius 1 is 1.35 bits per heavy atom. The largest absolute Gasteiger partial charge is 0.369 e. The molecule has 0 radical (unpaired) electrons. The first kappa shape index (κ1) is 15.0. The van der Waals surface area contributed by atoms with Crippen LogP contribution in [-0.2, 0) is 0 Å². The third-order valence-electron chi connectivity index (χ3n) is 3.73. The van der Waals surface area contributed by atoms with Gasteiger partial charge in [-0.15, -0.1) is 0 Å². The van der Waals surface area contributed by atoms with Crippen molar-refractivity contribution in [3.05, 3.63) is 22.2 Å². The van der Waals surface area contributed by atoms with Gasteiger partial charge in [-0.2, -0.15) is 0 Å². The van der Waals surface area contributed by atoms with Crippen molar-refractivity contribution < 1.29 is 0 Å². The van der Waals surface area contributed by atoms with Crippen LogP contribution >= 0.6 is 0 Å². The SMILES string of the molecule is CC(C)N(CCNc1cc(=O)[nH]c(C2CC2)n1)C(C)C. The van der Waals surface area contributed by atoms with Crippen molar-refractivity contribution in [3.63, 3.8) is 0 Å². The van der Waals surface area contributed by atoms with Crippen molar-refractivity contribution in [2.24, 2.45) is 0 Å². The smallest absolute Gasteiger partial charge is 0.252 e. The van der Waals surface area contributed by atoms with Gasteiger partial charge in [0.2, 0.25) is 0 Å². The summed E-state index contributed by atoms with van der Waals surface area (Å²) in [5.41, 5.74) is -0.0611.